The summed E-state index contributed by atoms with van der Waals surface area (Å²) in [5.74, 6) is -3.97. The molecule has 0 aromatic rings. The van der Waals surface area contributed by atoms with E-state index in [1.165, 1.54) is 11.8 Å². The zero-order valence-electron chi connectivity index (χ0n) is 15.5. The summed E-state index contributed by atoms with van der Waals surface area (Å²) >= 11 is 1.43. The smallest absolute Gasteiger partial charge is 0.326 e. The van der Waals surface area contributed by atoms with E-state index in [0.717, 1.165) is 6.42 Å². The predicted octanol–water partition coefficient (Wildman–Crippen LogP) is -1.86. The third-order valence-corrected chi connectivity index (χ3v) is 4.70. The number of nitrogens with one attached hydrogen (secondary N) is 4. The van der Waals surface area contributed by atoms with Gasteiger partial charge in [0, 0.05) is 0 Å². The van der Waals surface area contributed by atoms with Crippen molar-refractivity contribution < 1.29 is 34.2 Å². The quantitative estimate of drug-likeness (QED) is 0.212. The molecule has 12 heteroatoms. The van der Waals surface area contributed by atoms with Crippen molar-refractivity contribution in [2.24, 2.45) is 0 Å². The minimum absolute atomic E-state index is 0.224. The molecule has 158 valence electrons. The van der Waals surface area contributed by atoms with Crippen LogP contribution in [0.4, 0.5) is 0 Å². The average molecular weight is 418 g/mol. The molecule has 1 aliphatic heterocycles. The van der Waals surface area contributed by atoms with Gasteiger partial charge in [0.2, 0.25) is 17.7 Å². The van der Waals surface area contributed by atoms with E-state index >= 15 is 0 Å². The Hall–Kier alpha value is -2.34. The van der Waals surface area contributed by atoms with E-state index in [0.29, 0.717) is 18.7 Å². The summed E-state index contributed by atoms with van der Waals surface area (Å²) in [5.41, 5.74) is 0. The number of aliphatic carboxylic acids is 2. The molecule has 11 nitrogen and oxygen atoms in total. The Bertz CT molecular complexity index is 596. The maximum absolute atomic E-state index is 12.2. The Morgan fingerprint density at radius 2 is 1.86 bits per heavy atom. The van der Waals surface area contributed by atoms with Crippen LogP contribution in [0.1, 0.15) is 25.7 Å². The van der Waals surface area contributed by atoms with Gasteiger partial charge in [0.1, 0.15) is 12.1 Å². The second-order valence-corrected chi connectivity index (χ2v) is 7.25. The van der Waals surface area contributed by atoms with Crippen LogP contribution in [0.25, 0.3) is 0 Å². The molecule has 1 aliphatic rings. The van der Waals surface area contributed by atoms with Crippen molar-refractivity contribution >= 4 is 41.4 Å². The normalized spacial score (nSPS) is 18.0. The van der Waals surface area contributed by atoms with Crippen LogP contribution in [0.15, 0.2) is 0 Å². The lowest BCUT2D eigenvalue weighted by atomic mass is 10.1. The van der Waals surface area contributed by atoms with Gasteiger partial charge < -0.3 is 31.5 Å². The van der Waals surface area contributed by atoms with Gasteiger partial charge in [0.05, 0.1) is 19.0 Å². The van der Waals surface area contributed by atoms with E-state index in [9.17, 15) is 24.0 Å². The van der Waals surface area contributed by atoms with Crippen molar-refractivity contribution in [3.05, 3.63) is 0 Å². The third-order valence-electron chi connectivity index (χ3n) is 4.06. The molecule has 0 radical (unpaired) electrons. The van der Waals surface area contributed by atoms with Crippen LogP contribution in [0, 0.1) is 0 Å². The van der Waals surface area contributed by atoms with Crippen LogP contribution >= 0.6 is 11.8 Å². The van der Waals surface area contributed by atoms with Crippen LogP contribution in [0.3, 0.4) is 0 Å². The third kappa shape index (κ3) is 8.57. The summed E-state index contributed by atoms with van der Waals surface area (Å²) in [5, 5.41) is 27.9. The van der Waals surface area contributed by atoms with Crippen molar-refractivity contribution in [1.82, 2.24) is 21.3 Å². The molecule has 3 amide bonds. The number of carbonyl (C=O) groups excluding carboxylic acids is 3. The highest BCUT2D eigenvalue weighted by Gasteiger charge is 2.29. The largest absolute Gasteiger partial charge is 0.481 e. The van der Waals surface area contributed by atoms with E-state index in [1.54, 1.807) is 6.26 Å². The minimum Gasteiger partial charge on any atom is -0.481 e. The second-order valence-electron chi connectivity index (χ2n) is 6.27. The molecule has 1 saturated heterocycles. The van der Waals surface area contributed by atoms with Gasteiger partial charge in [-0.15, -0.1) is 0 Å². The van der Waals surface area contributed by atoms with E-state index in [1.807, 2.05) is 0 Å². The molecule has 1 heterocycles. The number of thioether (sulfide) groups is 1. The molecule has 28 heavy (non-hydrogen) atoms. The van der Waals surface area contributed by atoms with E-state index in [-0.39, 0.29) is 6.42 Å². The van der Waals surface area contributed by atoms with Crippen LogP contribution in [-0.4, -0.2) is 83.1 Å². The van der Waals surface area contributed by atoms with Gasteiger partial charge in [-0.25, -0.2) is 4.79 Å². The Balaban J connectivity index is 2.56. The van der Waals surface area contributed by atoms with E-state index in [4.69, 9.17) is 10.2 Å². The summed E-state index contributed by atoms with van der Waals surface area (Å²) in [7, 11) is 0. The van der Waals surface area contributed by atoms with Gasteiger partial charge in [0.15, 0.2) is 0 Å². The number of carboxylic acids is 2. The summed E-state index contributed by atoms with van der Waals surface area (Å²) in [6, 6.07) is -2.91. The van der Waals surface area contributed by atoms with Crippen molar-refractivity contribution in [3.63, 3.8) is 0 Å². The minimum atomic E-state index is -1.34. The fourth-order valence-corrected chi connectivity index (χ4v) is 3.06. The van der Waals surface area contributed by atoms with E-state index in [2.05, 4.69) is 21.3 Å². The molecule has 3 atom stereocenters. The maximum atomic E-state index is 12.2. The standard InChI is InChI=1S/C16H26N4O7S/c1-28-6-4-10(16(26)27)19-12(21)8-18-14(24)11(7-13(22)23)20-15(25)9-3-2-5-17-9/h9-11,17H,2-8H2,1H3,(H,18,24)(H,19,21)(H,20,25)(H,22,23)(H,26,27). The molecule has 0 aromatic carbocycles. The molecule has 3 unspecified atom stereocenters. The number of carboxylic acid groups (broad SMARTS) is 2. The lowest BCUT2D eigenvalue weighted by Gasteiger charge is -2.19. The van der Waals surface area contributed by atoms with Gasteiger partial charge in [-0.2, -0.15) is 11.8 Å². The first-order valence-corrected chi connectivity index (χ1v) is 10.2. The van der Waals surface area contributed by atoms with Gasteiger partial charge >= 0.3 is 11.9 Å². The molecule has 1 fully saturated rings. The van der Waals surface area contributed by atoms with Crippen LogP contribution in [-0.2, 0) is 24.0 Å². The van der Waals surface area contributed by atoms with Crippen LogP contribution < -0.4 is 21.3 Å². The molecule has 0 saturated carbocycles. The topological polar surface area (TPSA) is 174 Å². The highest BCUT2D eigenvalue weighted by atomic mass is 32.2. The SMILES string of the molecule is CSCCC(NC(=O)CNC(=O)C(CC(=O)O)NC(=O)C1CCCN1)C(=O)O. The maximum Gasteiger partial charge on any atom is 0.326 e. The number of amides is 3. The summed E-state index contributed by atoms with van der Waals surface area (Å²) < 4.78 is 0. The fourth-order valence-electron chi connectivity index (χ4n) is 2.59. The van der Waals surface area contributed by atoms with Gasteiger partial charge in [0.25, 0.3) is 0 Å². The second kappa shape index (κ2) is 12.2. The van der Waals surface area contributed by atoms with Crippen molar-refractivity contribution in [3.8, 4) is 0 Å². The first-order valence-electron chi connectivity index (χ1n) is 8.79. The Kier molecular flexibility index (Phi) is 10.3. The monoisotopic (exact) mass is 418 g/mol. The van der Waals surface area contributed by atoms with Gasteiger partial charge in [-0.05, 0) is 37.8 Å². The van der Waals surface area contributed by atoms with Crippen molar-refractivity contribution in [1.29, 1.82) is 0 Å². The summed E-state index contributed by atoms with van der Waals surface area (Å²) in [6.45, 7) is 0.130. The molecule has 6 N–H and O–H groups in total. The number of carbonyl (C=O) groups is 5. The zero-order chi connectivity index (χ0) is 21.1. The average Bonchev–Trinajstić information content (AvgIpc) is 3.16. The van der Waals surface area contributed by atoms with Gasteiger partial charge in [-0.3, -0.25) is 19.2 Å². The molecule has 1 rings (SSSR count). The molecular weight excluding hydrogens is 392 g/mol. The number of hydrogen-bond acceptors (Lipinski definition) is 7. The van der Waals surface area contributed by atoms with Crippen LogP contribution in [0.2, 0.25) is 0 Å². The van der Waals surface area contributed by atoms with Crippen LogP contribution in [0.5, 0.6) is 0 Å². The molecule has 0 spiro atoms. The number of rotatable bonds is 12. The summed E-state index contributed by atoms with van der Waals surface area (Å²) in [4.78, 5) is 58.3. The highest BCUT2D eigenvalue weighted by Crippen LogP contribution is 2.06. The highest BCUT2D eigenvalue weighted by molar-refractivity contribution is 7.98. The lowest BCUT2D eigenvalue weighted by molar-refractivity contribution is -0.142. The molecular formula is C16H26N4O7S. The predicted molar refractivity (Wildman–Crippen MR) is 101 cm³/mol. The van der Waals surface area contributed by atoms with Crippen molar-refractivity contribution in [2.75, 3.05) is 25.1 Å². The molecule has 0 aliphatic carbocycles. The lowest BCUT2D eigenvalue weighted by Crippen LogP contribution is -2.54. The van der Waals surface area contributed by atoms with E-state index < -0.39 is 60.8 Å². The summed E-state index contributed by atoms with van der Waals surface area (Å²) in [6.07, 6.45) is 2.77. The molecule has 0 aromatic heterocycles. The Morgan fingerprint density at radius 1 is 1.14 bits per heavy atom. The molecule has 0 bridgehead atoms. The zero-order valence-corrected chi connectivity index (χ0v) is 16.3. The van der Waals surface area contributed by atoms with Gasteiger partial charge in [-0.1, -0.05) is 0 Å². The first-order chi connectivity index (χ1) is 13.2. The first kappa shape index (κ1) is 23.7. The number of hydrogen-bond donors (Lipinski definition) is 6. The van der Waals surface area contributed by atoms with Crippen molar-refractivity contribution in [2.45, 2.75) is 43.8 Å². The Morgan fingerprint density at radius 3 is 2.39 bits per heavy atom. The fraction of sp³-hybridized carbons (Fsp3) is 0.688. The Labute approximate surface area is 166 Å².